The summed E-state index contributed by atoms with van der Waals surface area (Å²) in [6.07, 6.45) is 1.59. The van der Waals surface area contributed by atoms with Crippen molar-refractivity contribution in [3.05, 3.63) is 23.2 Å². The lowest BCUT2D eigenvalue weighted by molar-refractivity contribution is 0.414. The van der Waals surface area contributed by atoms with Gasteiger partial charge >= 0.3 is 0 Å². The van der Waals surface area contributed by atoms with Crippen molar-refractivity contribution in [3.8, 4) is 5.75 Å². The minimum Gasteiger partial charge on any atom is -0.612 e. The average Bonchev–Trinajstić information content (AvgIpc) is 2.03. The highest BCUT2D eigenvalue weighted by Gasteiger charge is 2.10. The highest BCUT2D eigenvalue weighted by Crippen LogP contribution is 2.25. The molecule has 0 radical (unpaired) electrons. The highest BCUT2D eigenvalue weighted by atomic mass is 35.5. The molecule has 0 spiro atoms. The van der Waals surface area contributed by atoms with Crippen molar-refractivity contribution in [2.75, 3.05) is 13.4 Å². The van der Waals surface area contributed by atoms with E-state index in [1.165, 1.54) is 0 Å². The van der Waals surface area contributed by atoms with Gasteiger partial charge < -0.3 is 9.29 Å². The monoisotopic (exact) mass is 204 g/mol. The van der Waals surface area contributed by atoms with Crippen molar-refractivity contribution in [1.29, 1.82) is 0 Å². The van der Waals surface area contributed by atoms with Crippen LogP contribution in [0.15, 0.2) is 23.1 Å². The molecule has 0 saturated heterocycles. The molecular weight excluding hydrogens is 196 g/mol. The van der Waals surface area contributed by atoms with E-state index >= 15 is 0 Å². The first kappa shape index (κ1) is 9.71. The number of benzene rings is 1. The summed E-state index contributed by atoms with van der Waals surface area (Å²) < 4.78 is 16.0. The van der Waals surface area contributed by atoms with Crippen LogP contribution in [-0.4, -0.2) is 17.9 Å². The van der Waals surface area contributed by atoms with Crippen LogP contribution in [0.4, 0.5) is 0 Å². The second-order valence-corrected chi connectivity index (χ2v) is 4.01. The van der Waals surface area contributed by atoms with Crippen LogP contribution in [0.2, 0.25) is 5.02 Å². The summed E-state index contributed by atoms with van der Waals surface area (Å²) in [7, 11) is 1.56. The van der Waals surface area contributed by atoms with Crippen LogP contribution in [0.25, 0.3) is 0 Å². The molecule has 0 heterocycles. The van der Waals surface area contributed by atoms with Gasteiger partial charge in [0, 0.05) is 6.07 Å². The van der Waals surface area contributed by atoms with Gasteiger partial charge in [0.05, 0.1) is 12.1 Å². The average molecular weight is 205 g/mol. The topological polar surface area (TPSA) is 32.3 Å². The number of halogens is 1. The van der Waals surface area contributed by atoms with E-state index in [0.717, 1.165) is 0 Å². The van der Waals surface area contributed by atoms with Crippen LogP contribution in [0.5, 0.6) is 5.75 Å². The summed E-state index contributed by atoms with van der Waals surface area (Å²) in [6, 6.07) is 5.10. The molecule has 0 aliphatic heterocycles. The molecule has 1 aromatic rings. The number of hydrogen-bond donors (Lipinski definition) is 0. The molecule has 0 N–H and O–H groups in total. The molecule has 12 heavy (non-hydrogen) atoms. The van der Waals surface area contributed by atoms with Crippen LogP contribution in [-0.2, 0) is 11.2 Å². The van der Waals surface area contributed by atoms with Crippen molar-refractivity contribution in [1.82, 2.24) is 0 Å². The van der Waals surface area contributed by atoms with Crippen molar-refractivity contribution >= 4 is 22.8 Å². The highest BCUT2D eigenvalue weighted by molar-refractivity contribution is 7.90. The fourth-order valence-electron chi connectivity index (χ4n) is 0.842. The van der Waals surface area contributed by atoms with E-state index in [2.05, 4.69) is 0 Å². The fraction of sp³-hybridized carbons (Fsp3) is 0.250. The van der Waals surface area contributed by atoms with Crippen molar-refractivity contribution in [2.24, 2.45) is 0 Å². The Morgan fingerprint density at radius 1 is 1.50 bits per heavy atom. The Hall–Kier alpha value is -0.380. The van der Waals surface area contributed by atoms with Gasteiger partial charge in [-0.2, -0.15) is 0 Å². The summed E-state index contributed by atoms with van der Waals surface area (Å²) in [4.78, 5) is 0.637. The maximum absolute atomic E-state index is 11.1. The summed E-state index contributed by atoms with van der Waals surface area (Å²) in [5.74, 6) is 0.675. The van der Waals surface area contributed by atoms with Gasteiger partial charge in [0.1, 0.15) is 12.0 Å². The van der Waals surface area contributed by atoms with Crippen LogP contribution in [0, 0.1) is 0 Å². The first-order valence-electron chi connectivity index (χ1n) is 3.32. The Balaban J connectivity index is 3.03. The molecule has 4 heteroatoms. The molecule has 0 aliphatic rings. The molecule has 66 valence electrons. The largest absolute Gasteiger partial charge is 0.612 e. The Bertz CT molecular complexity index is 276. The minimum absolute atomic E-state index is 0.482. The number of rotatable bonds is 2. The van der Waals surface area contributed by atoms with Crippen LogP contribution in [0.1, 0.15) is 0 Å². The maximum Gasteiger partial charge on any atom is 0.171 e. The number of methoxy groups -OCH3 is 1. The normalized spacial score (nSPS) is 12.7. The quantitative estimate of drug-likeness (QED) is 0.691. The molecule has 1 atom stereocenters. The van der Waals surface area contributed by atoms with Gasteiger partial charge in [0.25, 0.3) is 0 Å². The lowest BCUT2D eigenvalue weighted by Crippen LogP contribution is -1.98. The Morgan fingerprint density at radius 3 is 2.58 bits per heavy atom. The second kappa shape index (κ2) is 4.03. The lowest BCUT2D eigenvalue weighted by Gasteiger charge is -2.06. The van der Waals surface area contributed by atoms with E-state index in [4.69, 9.17) is 16.3 Å². The Morgan fingerprint density at radius 2 is 2.17 bits per heavy atom. The predicted molar refractivity (Wildman–Crippen MR) is 50.3 cm³/mol. The molecule has 0 bridgehead atoms. The first-order valence-corrected chi connectivity index (χ1v) is 5.25. The lowest BCUT2D eigenvalue weighted by atomic mass is 10.3. The molecule has 0 saturated carbocycles. The third-order valence-corrected chi connectivity index (χ3v) is 2.85. The molecular formula is C8H9ClO2S. The van der Waals surface area contributed by atoms with Crippen molar-refractivity contribution in [3.63, 3.8) is 0 Å². The van der Waals surface area contributed by atoms with Gasteiger partial charge in [0.2, 0.25) is 0 Å². The standard InChI is InChI=1S/C8H9ClO2S/c1-11-6-3-4-8(12(2)10)7(9)5-6/h3-5H,1-2H3. The van der Waals surface area contributed by atoms with Crippen molar-refractivity contribution in [2.45, 2.75) is 4.90 Å². The van der Waals surface area contributed by atoms with E-state index in [0.29, 0.717) is 15.7 Å². The van der Waals surface area contributed by atoms with Gasteiger partial charge in [0.15, 0.2) is 4.90 Å². The third-order valence-electron chi connectivity index (χ3n) is 1.45. The smallest absolute Gasteiger partial charge is 0.171 e. The van der Waals surface area contributed by atoms with Crippen LogP contribution in [0.3, 0.4) is 0 Å². The maximum atomic E-state index is 11.1. The molecule has 0 amide bonds. The van der Waals surface area contributed by atoms with E-state index in [1.807, 2.05) is 0 Å². The van der Waals surface area contributed by atoms with Crippen LogP contribution >= 0.6 is 11.6 Å². The SMILES string of the molecule is COc1ccc([S+](C)[O-])c(Cl)c1. The zero-order valence-electron chi connectivity index (χ0n) is 6.83. The number of hydrogen-bond acceptors (Lipinski definition) is 2. The van der Waals surface area contributed by atoms with E-state index < -0.39 is 11.2 Å². The van der Waals surface area contributed by atoms with Gasteiger partial charge in [-0.05, 0) is 23.3 Å². The molecule has 2 nitrogen and oxygen atoms in total. The van der Waals surface area contributed by atoms with Crippen LogP contribution < -0.4 is 4.74 Å². The van der Waals surface area contributed by atoms with Gasteiger partial charge in [-0.15, -0.1) is 0 Å². The number of ether oxygens (including phenoxy) is 1. The van der Waals surface area contributed by atoms with E-state index in [1.54, 1.807) is 31.6 Å². The summed E-state index contributed by atoms with van der Waals surface area (Å²) in [6.45, 7) is 0. The summed E-state index contributed by atoms with van der Waals surface area (Å²) in [5, 5.41) is 0.482. The fourth-order valence-corrected chi connectivity index (χ4v) is 1.93. The minimum atomic E-state index is -1.04. The molecule has 1 rings (SSSR count). The molecule has 0 fully saturated rings. The molecule has 1 aromatic carbocycles. The van der Waals surface area contributed by atoms with Gasteiger partial charge in [-0.3, -0.25) is 0 Å². The van der Waals surface area contributed by atoms with Gasteiger partial charge in [-0.1, -0.05) is 11.6 Å². The summed E-state index contributed by atoms with van der Waals surface area (Å²) in [5.41, 5.74) is 0. The Labute approximate surface area is 79.7 Å². The van der Waals surface area contributed by atoms with Gasteiger partial charge in [-0.25, -0.2) is 0 Å². The first-order chi connectivity index (χ1) is 5.65. The van der Waals surface area contributed by atoms with Crippen molar-refractivity contribution < 1.29 is 9.29 Å². The zero-order valence-corrected chi connectivity index (χ0v) is 8.41. The summed E-state index contributed by atoms with van der Waals surface area (Å²) >= 11 is 4.79. The zero-order chi connectivity index (χ0) is 9.14. The van der Waals surface area contributed by atoms with E-state index in [9.17, 15) is 4.55 Å². The third kappa shape index (κ3) is 2.06. The Kier molecular flexibility index (Phi) is 3.26. The molecule has 1 unspecified atom stereocenters. The predicted octanol–water partition coefficient (Wildman–Crippen LogP) is 2.09. The van der Waals surface area contributed by atoms with E-state index in [-0.39, 0.29) is 0 Å². The molecule has 0 aliphatic carbocycles. The molecule has 0 aromatic heterocycles. The second-order valence-electron chi connectivity index (χ2n) is 2.25.